The maximum absolute atomic E-state index is 11.2. The number of hydrogen-bond donors (Lipinski definition) is 2. The highest BCUT2D eigenvalue weighted by Gasteiger charge is 2.09. The van der Waals surface area contributed by atoms with E-state index in [-0.39, 0.29) is 10.9 Å². The zero-order chi connectivity index (χ0) is 15.0. The molecule has 4 nitrogen and oxygen atoms in total. The molecule has 0 saturated carbocycles. The van der Waals surface area contributed by atoms with Crippen LogP contribution in [0.2, 0.25) is 0 Å². The molecule has 20 heavy (non-hydrogen) atoms. The van der Waals surface area contributed by atoms with Crippen molar-refractivity contribution in [2.24, 2.45) is 5.14 Å². The molecule has 114 valence electrons. The second-order valence-corrected chi connectivity index (χ2v) is 7.39. The molecule has 1 unspecified atom stereocenters. The number of primary sulfonamides is 1. The van der Waals surface area contributed by atoms with Crippen molar-refractivity contribution < 1.29 is 8.42 Å². The summed E-state index contributed by atoms with van der Waals surface area (Å²) in [5.74, 6) is 1.23. The van der Waals surface area contributed by atoms with Gasteiger partial charge in [0.05, 0.1) is 4.90 Å². The molecule has 1 atom stereocenters. The van der Waals surface area contributed by atoms with Crippen LogP contribution in [0.5, 0.6) is 0 Å². The molecule has 0 aromatic heterocycles. The van der Waals surface area contributed by atoms with Gasteiger partial charge in [-0.05, 0) is 56.0 Å². The zero-order valence-electron chi connectivity index (χ0n) is 12.1. The minimum absolute atomic E-state index is 0.158. The lowest BCUT2D eigenvalue weighted by Gasteiger charge is -2.14. The van der Waals surface area contributed by atoms with E-state index < -0.39 is 10.0 Å². The van der Waals surface area contributed by atoms with E-state index in [0.717, 1.165) is 12.1 Å². The quantitative estimate of drug-likeness (QED) is 0.687. The van der Waals surface area contributed by atoms with E-state index in [2.05, 4.69) is 18.5 Å². The van der Waals surface area contributed by atoms with Crippen LogP contribution in [0.4, 0.5) is 0 Å². The van der Waals surface area contributed by atoms with Crippen molar-refractivity contribution in [3.05, 3.63) is 29.8 Å². The number of nitrogens with two attached hydrogens (primary N) is 1. The van der Waals surface area contributed by atoms with Crippen LogP contribution < -0.4 is 10.5 Å². The van der Waals surface area contributed by atoms with Gasteiger partial charge in [0.1, 0.15) is 0 Å². The minimum atomic E-state index is -3.60. The van der Waals surface area contributed by atoms with E-state index in [9.17, 15) is 8.42 Å². The molecular formula is C14H24N2O2S2. The summed E-state index contributed by atoms with van der Waals surface area (Å²) in [6.07, 6.45) is 5.80. The summed E-state index contributed by atoms with van der Waals surface area (Å²) in [5.41, 5.74) is 1.07. The summed E-state index contributed by atoms with van der Waals surface area (Å²) >= 11 is 1.89. The van der Waals surface area contributed by atoms with E-state index in [1.807, 2.05) is 23.9 Å². The largest absolute Gasteiger partial charge is 0.310 e. The molecule has 1 aromatic carbocycles. The first-order valence-electron chi connectivity index (χ1n) is 6.80. The third kappa shape index (κ3) is 6.26. The van der Waals surface area contributed by atoms with Gasteiger partial charge >= 0.3 is 0 Å². The van der Waals surface area contributed by atoms with Crippen molar-refractivity contribution in [3.63, 3.8) is 0 Å². The average molecular weight is 316 g/mol. The standard InChI is InChI=1S/C14H24N2O2S2/c1-12(16-10-4-3-5-11-19-2)13-6-8-14(9-7-13)20(15,17)18/h6-9,12,16H,3-5,10-11H2,1-2H3,(H2,15,17,18). The molecule has 0 saturated heterocycles. The zero-order valence-corrected chi connectivity index (χ0v) is 13.8. The van der Waals surface area contributed by atoms with Gasteiger partial charge in [-0.1, -0.05) is 18.6 Å². The normalized spacial score (nSPS) is 13.3. The molecule has 0 aliphatic rings. The monoisotopic (exact) mass is 316 g/mol. The molecule has 0 heterocycles. The van der Waals surface area contributed by atoms with Crippen LogP contribution in [0.25, 0.3) is 0 Å². The number of rotatable bonds is 9. The van der Waals surface area contributed by atoms with E-state index in [4.69, 9.17) is 5.14 Å². The summed E-state index contributed by atoms with van der Waals surface area (Å²) in [6, 6.07) is 6.95. The lowest BCUT2D eigenvalue weighted by molar-refractivity contribution is 0.544. The van der Waals surface area contributed by atoms with Crippen molar-refractivity contribution in [1.29, 1.82) is 0 Å². The van der Waals surface area contributed by atoms with Gasteiger partial charge in [0.15, 0.2) is 0 Å². The smallest absolute Gasteiger partial charge is 0.238 e. The Morgan fingerprint density at radius 1 is 1.20 bits per heavy atom. The molecule has 3 N–H and O–H groups in total. The van der Waals surface area contributed by atoms with Gasteiger partial charge in [-0.25, -0.2) is 13.6 Å². The van der Waals surface area contributed by atoms with Crippen LogP contribution in [0.3, 0.4) is 0 Å². The Hall–Kier alpha value is -0.560. The maximum atomic E-state index is 11.2. The Bertz CT molecular complexity index is 486. The van der Waals surface area contributed by atoms with Gasteiger partial charge in [0.2, 0.25) is 10.0 Å². The third-order valence-corrected chi connectivity index (χ3v) is 4.81. The summed E-state index contributed by atoms with van der Waals surface area (Å²) in [6.45, 7) is 3.06. The molecule has 6 heteroatoms. The molecule has 0 amide bonds. The minimum Gasteiger partial charge on any atom is -0.310 e. The first kappa shape index (κ1) is 17.5. The Morgan fingerprint density at radius 2 is 1.85 bits per heavy atom. The van der Waals surface area contributed by atoms with Gasteiger partial charge in [-0.3, -0.25) is 0 Å². The average Bonchev–Trinajstić information content (AvgIpc) is 2.41. The third-order valence-electron chi connectivity index (χ3n) is 3.18. The number of hydrogen-bond acceptors (Lipinski definition) is 4. The molecule has 0 aliphatic carbocycles. The number of nitrogens with one attached hydrogen (secondary N) is 1. The number of unbranched alkanes of at least 4 members (excludes halogenated alkanes) is 2. The lowest BCUT2D eigenvalue weighted by atomic mass is 10.1. The molecule has 0 spiro atoms. The predicted molar refractivity (Wildman–Crippen MR) is 86.5 cm³/mol. The maximum Gasteiger partial charge on any atom is 0.238 e. The SMILES string of the molecule is CSCCCCCNC(C)c1ccc(S(N)(=O)=O)cc1. The van der Waals surface area contributed by atoms with Crippen molar-refractivity contribution in [1.82, 2.24) is 5.32 Å². The molecule has 0 radical (unpaired) electrons. The summed E-state index contributed by atoms with van der Waals surface area (Å²) < 4.78 is 22.3. The second-order valence-electron chi connectivity index (χ2n) is 4.84. The van der Waals surface area contributed by atoms with Gasteiger partial charge in [0, 0.05) is 6.04 Å². The van der Waals surface area contributed by atoms with Crippen molar-refractivity contribution in [2.45, 2.75) is 37.1 Å². The van der Waals surface area contributed by atoms with Crippen molar-refractivity contribution in [3.8, 4) is 0 Å². The molecule has 1 aromatic rings. The summed E-state index contributed by atoms with van der Waals surface area (Å²) in [5, 5.41) is 8.52. The molecule has 1 rings (SSSR count). The molecule has 0 aliphatic heterocycles. The fraction of sp³-hybridized carbons (Fsp3) is 0.571. The van der Waals surface area contributed by atoms with Crippen molar-refractivity contribution >= 4 is 21.8 Å². The predicted octanol–water partition coefficient (Wildman–Crippen LogP) is 2.52. The Morgan fingerprint density at radius 3 is 2.40 bits per heavy atom. The van der Waals surface area contributed by atoms with Crippen LogP contribution in [0.1, 0.15) is 37.8 Å². The molecule has 0 bridgehead atoms. The molecular weight excluding hydrogens is 292 g/mol. The van der Waals surface area contributed by atoms with Crippen LogP contribution in [0.15, 0.2) is 29.2 Å². The first-order valence-corrected chi connectivity index (χ1v) is 9.74. The van der Waals surface area contributed by atoms with Gasteiger partial charge < -0.3 is 5.32 Å². The number of benzene rings is 1. The van der Waals surface area contributed by atoms with Gasteiger partial charge in [-0.2, -0.15) is 11.8 Å². The van der Waals surface area contributed by atoms with Crippen molar-refractivity contribution in [2.75, 3.05) is 18.6 Å². The number of sulfonamides is 1. The van der Waals surface area contributed by atoms with Crippen LogP contribution >= 0.6 is 11.8 Å². The second kappa shape index (κ2) is 8.67. The highest BCUT2D eigenvalue weighted by Crippen LogP contribution is 2.15. The van der Waals surface area contributed by atoms with Gasteiger partial charge in [0.25, 0.3) is 0 Å². The highest BCUT2D eigenvalue weighted by molar-refractivity contribution is 7.98. The fourth-order valence-corrected chi connectivity index (χ4v) is 2.94. The molecule has 0 fully saturated rings. The summed E-state index contributed by atoms with van der Waals surface area (Å²) in [4.78, 5) is 0.158. The van der Waals surface area contributed by atoms with Crippen LogP contribution in [-0.2, 0) is 10.0 Å². The van der Waals surface area contributed by atoms with E-state index in [1.165, 1.54) is 25.0 Å². The van der Waals surface area contributed by atoms with Crippen LogP contribution in [-0.4, -0.2) is 27.0 Å². The highest BCUT2D eigenvalue weighted by atomic mass is 32.2. The Labute approximate surface area is 126 Å². The van der Waals surface area contributed by atoms with E-state index in [1.54, 1.807) is 12.1 Å². The Balaban J connectivity index is 2.38. The van der Waals surface area contributed by atoms with E-state index in [0.29, 0.717) is 0 Å². The summed E-state index contributed by atoms with van der Waals surface area (Å²) in [7, 11) is -3.60. The van der Waals surface area contributed by atoms with Crippen LogP contribution in [0, 0.1) is 0 Å². The van der Waals surface area contributed by atoms with Gasteiger partial charge in [-0.15, -0.1) is 0 Å². The first-order chi connectivity index (χ1) is 9.45. The Kier molecular flexibility index (Phi) is 7.58. The number of thioether (sulfide) groups is 1. The van der Waals surface area contributed by atoms with E-state index >= 15 is 0 Å². The fourth-order valence-electron chi connectivity index (χ4n) is 1.93. The lowest BCUT2D eigenvalue weighted by Crippen LogP contribution is -2.20. The topological polar surface area (TPSA) is 72.2 Å².